The molecular weight excluding hydrogens is 479 g/mol. The third-order valence-corrected chi connectivity index (χ3v) is 6.39. The van der Waals surface area contributed by atoms with E-state index in [-0.39, 0.29) is 22.4 Å². The summed E-state index contributed by atoms with van der Waals surface area (Å²) in [4.78, 5) is 25.7. The van der Waals surface area contributed by atoms with Crippen molar-refractivity contribution >= 4 is 63.1 Å². The summed E-state index contributed by atoms with van der Waals surface area (Å²) in [5.74, 6) is -0.966. The lowest BCUT2D eigenvalue weighted by Crippen LogP contribution is -2.47. The Morgan fingerprint density at radius 2 is 1.71 bits per heavy atom. The molecule has 0 fully saturated rings. The quantitative estimate of drug-likeness (QED) is 0.422. The molecule has 2 amide bonds. The van der Waals surface area contributed by atoms with E-state index in [1.54, 1.807) is 18.2 Å². The number of rotatable bonds is 7. The maximum absolute atomic E-state index is 13.0. The van der Waals surface area contributed by atoms with Crippen LogP contribution in [0.2, 0.25) is 15.1 Å². The van der Waals surface area contributed by atoms with Crippen molar-refractivity contribution in [2.45, 2.75) is 26.3 Å². The first-order chi connectivity index (χ1) is 14.8. The zero-order valence-corrected chi connectivity index (χ0v) is 19.7. The summed E-state index contributed by atoms with van der Waals surface area (Å²) >= 11 is 19.2. The third-order valence-electron chi connectivity index (χ3n) is 4.70. The van der Waals surface area contributed by atoms with Gasteiger partial charge in [-0.2, -0.15) is 0 Å². The number of nitrogens with zero attached hydrogens (tertiary/aromatic N) is 2. The summed E-state index contributed by atoms with van der Waals surface area (Å²) in [5, 5.41) is 15.9. The number of nitrogens with one attached hydrogen (secondary N) is 2. The van der Waals surface area contributed by atoms with E-state index < -0.39 is 11.9 Å². The molecule has 3 rings (SSSR count). The zero-order chi connectivity index (χ0) is 22.5. The SMILES string of the molecule is CC[C@@H](C)[C@H](NC(=O)c1ccc(Cl)cc1Cl)C(=O)Nc1nnc(-c2ccc(Cl)cc2)s1. The summed E-state index contributed by atoms with van der Waals surface area (Å²) in [5.41, 5.74) is 1.08. The minimum absolute atomic E-state index is 0.126. The standard InChI is InChI=1S/C21H19Cl3N4O2S/c1-3-11(2)17(25-18(29)15-9-8-14(23)10-16(15)24)19(30)26-21-28-27-20(31-21)12-4-6-13(22)7-5-12/h4-11,17H,3H2,1-2H3,(H,25,29)(H,26,28,30)/t11-,17+/m1/s1. The predicted octanol–water partition coefficient (Wildman–Crippen LogP) is 5.95. The van der Waals surface area contributed by atoms with Gasteiger partial charge in [-0.1, -0.05) is 78.5 Å². The van der Waals surface area contributed by atoms with Gasteiger partial charge in [0.25, 0.3) is 5.91 Å². The molecular formula is C21H19Cl3N4O2S. The predicted molar refractivity (Wildman–Crippen MR) is 126 cm³/mol. The van der Waals surface area contributed by atoms with Crippen molar-refractivity contribution in [3.05, 3.63) is 63.1 Å². The van der Waals surface area contributed by atoms with Crippen molar-refractivity contribution in [3.8, 4) is 10.6 Å². The molecule has 6 nitrogen and oxygen atoms in total. The second-order valence-electron chi connectivity index (χ2n) is 6.87. The van der Waals surface area contributed by atoms with Gasteiger partial charge in [0.2, 0.25) is 11.0 Å². The van der Waals surface area contributed by atoms with Crippen LogP contribution in [0.15, 0.2) is 42.5 Å². The number of carbonyl (C=O) groups is 2. The molecule has 31 heavy (non-hydrogen) atoms. The maximum Gasteiger partial charge on any atom is 0.253 e. The lowest BCUT2D eigenvalue weighted by Gasteiger charge is -2.23. The fraction of sp³-hybridized carbons (Fsp3) is 0.238. The van der Waals surface area contributed by atoms with E-state index in [4.69, 9.17) is 34.8 Å². The second-order valence-corrected chi connectivity index (χ2v) is 9.13. The first kappa shape index (κ1) is 23.5. The molecule has 2 N–H and O–H groups in total. The average Bonchev–Trinajstić information content (AvgIpc) is 3.20. The Labute approximate surface area is 198 Å². The molecule has 0 aliphatic heterocycles. The van der Waals surface area contributed by atoms with E-state index in [9.17, 15) is 9.59 Å². The van der Waals surface area contributed by atoms with Gasteiger partial charge >= 0.3 is 0 Å². The first-order valence-corrected chi connectivity index (χ1v) is 11.4. The number of halogens is 3. The van der Waals surface area contributed by atoms with Gasteiger partial charge in [0.1, 0.15) is 11.0 Å². The smallest absolute Gasteiger partial charge is 0.253 e. The Kier molecular flexibility index (Phi) is 7.89. The van der Waals surface area contributed by atoms with Crippen LogP contribution in [0.25, 0.3) is 10.6 Å². The second kappa shape index (κ2) is 10.4. The molecule has 0 aliphatic rings. The van der Waals surface area contributed by atoms with Crippen molar-refractivity contribution < 1.29 is 9.59 Å². The fourth-order valence-corrected chi connectivity index (χ4v) is 4.13. The summed E-state index contributed by atoms with van der Waals surface area (Å²) in [6.07, 6.45) is 0.679. The first-order valence-electron chi connectivity index (χ1n) is 9.44. The summed E-state index contributed by atoms with van der Waals surface area (Å²) in [7, 11) is 0. The molecule has 10 heteroatoms. The monoisotopic (exact) mass is 496 g/mol. The van der Waals surface area contributed by atoms with E-state index in [2.05, 4.69) is 20.8 Å². The topological polar surface area (TPSA) is 84.0 Å². The minimum atomic E-state index is -0.785. The highest BCUT2D eigenvalue weighted by molar-refractivity contribution is 7.18. The highest BCUT2D eigenvalue weighted by Gasteiger charge is 2.28. The largest absolute Gasteiger partial charge is 0.340 e. The molecule has 0 unspecified atom stereocenters. The molecule has 2 atom stereocenters. The molecule has 0 bridgehead atoms. The van der Waals surface area contributed by atoms with Crippen LogP contribution in [0.5, 0.6) is 0 Å². The lowest BCUT2D eigenvalue weighted by atomic mass is 9.98. The van der Waals surface area contributed by atoms with Gasteiger partial charge in [-0.25, -0.2) is 0 Å². The molecule has 0 saturated carbocycles. The number of benzene rings is 2. The van der Waals surface area contributed by atoms with Crippen molar-refractivity contribution in [2.24, 2.45) is 5.92 Å². The highest BCUT2D eigenvalue weighted by atomic mass is 35.5. The molecule has 0 radical (unpaired) electrons. The molecule has 1 heterocycles. The van der Waals surface area contributed by atoms with E-state index in [1.807, 2.05) is 26.0 Å². The minimum Gasteiger partial charge on any atom is -0.340 e. The molecule has 0 saturated heterocycles. The summed E-state index contributed by atoms with van der Waals surface area (Å²) < 4.78 is 0. The Bertz CT molecular complexity index is 1090. The number of anilines is 1. The van der Waals surface area contributed by atoms with Crippen LogP contribution < -0.4 is 10.6 Å². The van der Waals surface area contributed by atoms with Gasteiger partial charge < -0.3 is 5.32 Å². The van der Waals surface area contributed by atoms with E-state index >= 15 is 0 Å². The van der Waals surface area contributed by atoms with Gasteiger partial charge in [0.15, 0.2) is 0 Å². The van der Waals surface area contributed by atoms with Crippen LogP contribution in [0.3, 0.4) is 0 Å². The van der Waals surface area contributed by atoms with Crippen molar-refractivity contribution in [2.75, 3.05) is 5.32 Å². The van der Waals surface area contributed by atoms with E-state index in [0.717, 1.165) is 5.56 Å². The number of amides is 2. The van der Waals surface area contributed by atoms with Crippen LogP contribution in [0.1, 0.15) is 30.6 Å². The molecule has 1 aromatic heterocycles. The van der Waals surface area contributed by atoms with Gasteiger partial charge in [0, 0.05) is 15.6 Å². The molecule has 0 aliphatic carbocycles. The van der Waals surface area contributed by atoms with Crippen molar-refractivity contribution in [1.29, 1.82) is 0 Å². The Morgan fingerprint density at radius 1 is 1.03 bits per heavy atom. The van der Waals surface area contributed by atoms with Crippen molar-refractivity contribution in [3.63, 3.8) is 0 Å². The van der Waals surface area contributed by atoms with Crippen LogP contribution in [-0.4, -0.2) is 28.1 Å². The highest BCUT2D eigenvalue weighted by Crippen LogP contribution is 2.28. The number of carbonyl (C=O) groups excluding carboxylic acids is 2. The summed E-state index contributed by atoms with van der Waals surface area (Å²) in [6, 6.07) is 11.0. The average molecular weight is 498 g/mol. The zero-order valence-electron chi connectivity index (χ0n) is 16.7. The fourth-order valence-electron chi connectivity index (χ4n) is 2.76. The number of aromatic nitrogens is 2. The maximum atomic E-state index is 13.0. The number of hydrogen-bond acceptors (Lipinski definition) is 5. The van der Waals surface area contributed by atoms with Crippen LogP contribution in [0.4, 0.5) is 5.13 Å². The van der Waals surface area contributed by atoms with Crippen LogP contribution in [0, 0.1) is 5.92 Å². The van der Waals surface area contributed by atoms with Gasteiger partial charge in [0.05, 0.1) is 10.6 Å². The normalized spacial score (nSPS) is 12.8. The van der Waals surface area contributed by atoms with Crippen LogP contribution in [-0.2, 0) is 4.79 Å². The number of hydrogen-bond donors (Lipinski definition) is 2. The van der Waals surface area contributed by atoms with E-state index in [1.165, 1.54) is 23.5 Å². The van der Waals surface area contributed by atoms with Crippen LogP contribution >= 0.6 is 46.1 Å². The Morgan fingerprint density at radius 3 is 2.35 bits per heavy atom. The third kappa shape index (κ3) is 5.95. The lowest BCUT2D eigenvalue weighted by molar-refractivity contribution is -0.119. The van der Waals surface area contributed by atoms with Gasteiger partial charge in [-0.05, 0) is 36.2 Å². The molecule has 0 spiro atoms. The van der Waals surface area contributed by atoms with Gasteiger partial charge in [-0.15, -0.1) is 10.2 Å². The molecule has 2 aromatic carbocycles. The van der Waals surface area contributed by atoms with Crippen molar-refractivity contribution in [1.82, 2.24) is 15.5 Å². The molecule has 3 aromatic rings. The Hall–Kier alpha value is -2.19. The Balaban J connectivity index is 1.74. The molecule has 162 valence electrons. The summed E-state index contributed by atoms with van der Waals surface area (Å²) in [6.45, 7) is 3.82. The van der Waals surface area contributed by atoms with E-state index in [0.29, 0.717) is 26.6 Å². The van der Waals surface area contributed by atoms with Gasteiger partial charge in [-0.3, -0.25) is 14.9 Å².